The van der Waals surface area contributed by atoms with Crippen LogP contribution in [0.4, 0.5) is 5.69 Å². The number of carboxylic acid groups (broad SMARTS) is 1. The number of carbonyl (C=O) groups is 1. The highest BCUT2D eigenvalue weighted by atomic mass is 16.5. The van der Waals surface area contributed by atoms with E-state index in [-0.39, 0.29) is 6.61 Å². The van der Waals surface area contributed by atoms with Crippen LogP contribution in [0.3, 0.4) is 0 Å². The fraction of sp³-hybridized carbons (Fsp3) is 0.214. The standard InChI is InChI=1S/C14H13NO3/c1-15-11-7-6-9-4-2-3-5-10(9)13(11)18-8-12(15)14(16)17/h2-7,12H,8H2,1H3,(H,16,17). The van der Waals surface area contributed by atoms with E-state index in [1.807, 2.05) is 36.4 Å². The van der Waals surface area contributed by atoms with Crippen LogP contribution >= 0.6 is 0 Å². The van der Waals surface area contributed by atoms with Crippen LogP contribution in [-0.4, -0.2) is 30.8 Å². The molecular formula is C14H13NO3. The normalized spacial score (nSPS) is 18.3. The Kier molecular flexibility index (Phi) is 2.37. The molecule has 2 aromatic carbocycles. The second kappa shape index (κ2) is 3.91. The second-order valence-electron chi connectivity index (χ2n) is 4.41. The molecule has 2 aromatic rings. The van der Waals surface area contributed by atoms with Crippen molar-refractivity contribution in [3.05, 3.63) is 36.4 Å². The molecule has 0 bridgehead atoms. The van der Waals surface area contributed by atoms with Crippen molar-refractivity contribution in [2.75, 3.05) is 18.6 Å². The molecule has 1 atom stereocenters. The van der Waals surface area contributed by atoms with Gasteiger partial charge in [0.1, 0.15) is 6.61 Å². The van der Waals surface area contributed by atoms with Crippen molar-refractivity contribution in [1.29, 1.82) is 0 Å². The van der Waals surface area contributed by atoms with Crippen molar-refractivity contribution in [3.63, 3.8) is 0 Å². The van der Waals surface area contributed by atoms with Gasteiger partial charge in [0.2, 0.25) is 0 Å². The molecule has 0 fully saturated rings. The molecule has 0 saturated heterocycles. The van der Waals surface area contributed by atoms with Crippen LogP contribution in [0.25, 0.3) is 10.8 Å². The van der Waals surface area contributed by atoms with Crippen LogP contribution in [0.1, 0.15) is 0 Å². The second-order valence-corrected chi connectivity index (χ2v) is 4.41. The van der Waals surface area contributed by atoms with E-state index in [9.17, 15) is 4.79 Å². The molecule has 1 aliphatic rings. The zero-order valence-corrected chi connectivity index (χ0v) is 9.96. The molecule has 0 saturated carbocycles. The van der Waals surface area contributed by atoms with Crippen molar-refractivity contribution >= 4 is 22.4 Å². The summed E-state index contributed by atoms with van der Waals surface area (Å²) in [7, 11) is 1.79. The quantitative estimate of drug-likeness (QED) is 0.833. The topological polar surface area (TPSA) is 49.8 Å². The zero-order chi connectivity index (χ0) is 12.7. The van der Waals surface area contributed by atoms with Crippen LogP contribution in [0.5, 0.6) is 5.75 Å². The van der Waals surface area contributed by atoms with E-state index in [4.69, 9.17) is 9.84 Å². The molecule has 1 heterocycles. The minimum Gasteiger partial charge on any atom is -0.488 e. The monoisotopic (exact) mass is 243 g/mol. The number of hydrogen-bond donors (Lipinski definition) is 1. The molecule has 0 aliphatic carbocycles. The lowest BCUT2D eigenvalue weighted by Gasteiger charge is -2.33. The Balaban J connectivity index is 2.17. The van der Waals surface area contributed by atoms with Gasteiger partial charge in [-0.15, -0.1) is 0 Å². The van der Waals surface area contributed by atoms with E-state index in [1.54, 1.807) is 11.9 Å². The van der Waals surface area contributed by atoms with Crippen molar-refractivity contribution in [3.8, 4) is 5.75 Å². The number of benzene rings is 2. The van der Waals surface area contributed by atoms with E-state index in [0.29, 0.717) is 0 Å². The van der Waals surface area contributed by atoms with Crippen LogP contribution in [-0.2, 0) is 4.79 Å². The van der Waals surface area contributed by atoms with E-state index in [2.05, 4.69) is 0 Å². The largest absolute Gasteiger partial charge is 0.488 e. The molecule has 1 aliphatic heterocycles. The van der Waals surface area contributed by atoms with Gasteiger partial charge in [-0.2, -0.15) is 0 Å². The maximum absolute atomic E-state index is 11.1. The van der Waals surface area contributed by atoms with Crippen molar-refractivity contribution < 1.29 is 14.6 Å². The summed E-state index contributed by atoms with van der Waals surface area (Å²) in [4.78, 5) is 12.9. The van der Waals surface area contributed by atoms with Crippen LogP contribution in [0.15, 0.2) is 36.4 Å². The van der Waals surface area contributed by atoms with Gasteiger partial charge in [-0.3, -0.25) is 0 Å². The smallest absolute Gasteiger partial charge is 0.329 e. The molecular weight excluding hydrogens is 230 g/mol. The average molecular weight is 243 g/mol. The minimum atomic E-state index is -0.865. The van der Waals surface area contributed by atoms with Gasteiger partial charge in [-0.05, 0) is 11.5 Å². The molecule has 0 aromatic heterocycles. The first kappa shape index (κ1) is 10.9. The van der Waals surface area contributed by atoms with Gasteiger partial charge < -0.3 is 14.7 Å². The summed E-state index contributed by atoms with van der Waals surface area (Å²) < 4.78 is 5.66. The van der Waals surface area contributed by atoms with Gasteiger partial charge in [-0.1, -0.05) is 30.3 Å². The number of anilines is 1. The van der Waals surface area contributed by atoms with Crippen molar-refractivity contribution in [2.24, 2.45) is 0 Å². The summed E-state index contributed by atoms with van der Waals surface area (Å²) in [6, 6.07) is 11.2. The first-order valence-electron chi connectivity index (χ1n) is 5.78. The number of hydrogen-bond acceptors (Lipinski definition) is 3. The third-order valence-electron chi connectivity index (χ3n) is 3.38. The lowest BCUT2D eigenvalue weighted by Crippen LogP contribution is -2.45. The number of nitrogens with zero attached hydrogens (tertiary/aromatic N) is 1. The summed E-state index contributed by atoms with van der Waals surface area (Å²) >= 11 is 0. The highest BCUT2D eigenvalue weighted by Gasteiger charge is 2.30. The minimum absolute atomic E-state index is 0.173. The number of carboxylic acids is 1. The van der Waals surface area contributed by atoms with E-state index >= 15 is 0 Å². The summed E-state index contributed by atoms with van der Waals surface area (Å²) in [5, 5.41) is 11.2. The molecule has 1 unspecified atom stereocenters. The molecule has 4 heteroatoms. The highest BCUT2D eigenvalue weighted by Crippen LogP contribution is 2.39. The predicted molar refractivity (Wildman–Crippen MR) is 69.3 cm³/mol. The predicted octanol–water partition coefficient (Wildman–Crippen LogP) is 2.12. The Morgan fingerprint density at radius 1 is 1.33 bits per heavy atom. The summed E-state index contributed by atoms with van der Waals surface area (Å²) in [5.41, 5.74) is 0.826. The lowest BCUT2D eigenvalue weighted by molar-refractivity contribution is -0.139. The number of rotatable bonds is 1. The molecule has 18 heavy (non-hydrogen) atoms. The zero-order valence-electron chi connectivity index (χ0n) is 9.96. The van der Waals surface area contributed by atoms with Gasteiger partial charge in [-0.25, -0.2) is 4.79 Å². The number of aliphatic carboxylic acids is 1. The fourth-order valence-corrected chi connectivity index (χ4v) is 2.34. The van der Waals surface area contributed by atoms with Crippen molar-refractivity contribution in [2.45, 2.75) is 6.04 Å². The van der Waals surface area contributed by atoms with Gasteiger partial charge in [0.15, 0.2) is 11.8 Å². The molecule has 0 amide bonds. The highest BCUT2D eigenvalue weighted by molar-refractivity contribution is 5.95. The van der Waals surface area contributed by atoms with E-state index in [1.165, 1.54) is 0 Å². The molecule has 0 radical (unpaired) electrons. The Morgan fingerprint density at radius 3 is 2.89 bits per heavy atom. The Morgan fingerprint density at radius 2 is 2.11 bits per heavy atom. The maximum atomic E-state index is 11.1. The SMILES string of the molecule is CN1c2ccc3ccccc3c2OCC1C(=O)O. The lowest BCUT2D eigenvalue weighted by atomic mass is 10.1. The molecule has 92 valence electrons. The van der Waals surface area contributed by atoms with Crippen molar-refractivity contribution in [1.82, 2.24) is 0 Å². The first-order valence-corrected chi connectivity index (χ1v) is 5.78. The number of ether oxygens (including phenoxy) is 1. The molecule has 1 N–H and O–H groups in total. The summed E-state index contributed by atoms with van der Waals surface area (Å²) in [5.74, 6) is -0.0931. The summed E-state index contributed by atoms with van der Waals surface area (Å²) in [6.07, 6.45) is 0. The number of likely N-dealkylation sites (N-methyl/N-ethyl adjacent to an activating group) is 1. The van der Waals surface area contributed by atoms with Gasteiger partial charge in [0.05, 0.1) is 5.69 Å². The van der Waals surface area contributed by atoms with Crippen LogP contribution < -0.4 is 9.64 Å². The third kappa shape index (κ3) is 1.49. The van der Waals surface area contributed by atoms with Gasteiger partial charge in [0, 0.05) is 12.4 Å². The third-order valence-corrected chi connectivity index (χ3v) is 3.38. The fourth-order valence-electron chi connectivity index (χ4n) is 2.34. The maximum Gasteiger partial charge on any atom is 0.329 e. The van der Waals surface area contributed by atoms with Crippen LogP contribution in [0.2, 0.25) is 0 Å². The van der Waals surface area contributed by atoms with E-state index < -0.39 is 12.0 Å². The first-order chi connectivity index (χ1) is 8.68. The molecule has 3 rings (SSSR count). The van der Waals surface area contributed by atoms with Gasteiger partial charge in [0.25, 0.3) is 0 Å². The Bertz CT molecular complexity index is 623. The van der Waals surface area contributed by atoms with E-state index in [0.717, 1.165) is 22.2 Å². The average Bonchev–Trinajstić information content (AvgIpc) is 2.38. The molecule has 4 nitrogen and oxygen atoms in total. The van der Waals surface area contributed by atoms with Gasteiger partial charge >= 0.3 is 5.97 Å². The molecule has 0 spiro atoms. The Labute approximate surface area is 104 Å². The summed E-state index contributed by atoms with van der Waals surface area (Å²) in [6.45, 7) is 0.173. The van der Waals surface area contributed by atoms with Crippen LogP contribution in [0, 0.1) is 0 Å². The Hall–Kier alpha value is -2.23. The number of fused-ring (bicyclic) bond motifs is 3.